The Morgan fingerprint density at radius 3 is 2.67 bits per heavy atom. The number of phenols is 1. The molecule has 3 nitrogen and oxygen atoms in total. The predicted octanol–water partition coefficient (Wildman–Crippen LogP) is 4.13. The molecule has 0 radical (unpaired) electrons. The fourth-order valence-corrected chi connectivity index (χ4v) is 4.59. The number of phenolic OH excluding ortho intramolecular Hbond substituents is 1. The van der Waals surface area contributed by atoms with Gasteiger partial charge >= 0.3 is 0 Å². The summed E-state index contributed by atoms with van der Waals surface area (Å²) in [7, 11) is 3.88. The van der Waals surface area contributed by atoms with E-state index in [0.717, 1.165) is 43.7 Å². The second kappa shape index (κ2) is 7.02. The van der Waals surface area contributed by atoms with Crippen LogP contribution in [0, 0.1) is 11.8 Å². The molecule has 3 heteroatoms. The number of benzene rings is 1. The van der Waals surface area contributed by atoms with Gasteiger partial charge in [-0.25, -0.2) is 0 Å². The average molecular weight is 327 g/mol. The minimum Gasteiger partial charge on any atom is -0.508 e. The van der Waals surface area contributed by atoms with Gasteiger partial charge in [0.15, 0.2) is 0 Å². The number of hydrogen-bond donors (Lipinski definition) is 1. The van der Waals surface area contributed by atoms with Crippen LogP contribution in [0.4, 0.5) is 0 Å². The molecular formula is C21H29NO2. The number of aromatic hydroxyl groups is 1. The van der Waals surface area contributed by atoms with Crippen LogP contribution in [-0.4, -0.2) is 37.3 Å². The van der Waals surface area contributed by atoms with Crippen LogP contribution in [0.1, 0.15) is 31.7 Å². The summed E-state index contributed by atoms with van der Waals surface area (Å²) in [6.45, 7) is 4.48. The summed E-state index contributed by atoms with van der Waals surface area (Å²) in [5.41, 5.74) is 0.868. The normalized spacial score (nSPS) is 28.2. The number of hydrogen-bond acceptors (Lipinski definition) is 3. The number of rotatable bonds is 4. The summed E-state index contributed by atoms with van der Waals surface area (Å²) in [6, 6.07) is 5.66. The van der Waals surface area contributed by atoms with Crippen molar-refractivity contribution in [1.29, 1.82) is 0 Å². The molecule has 1 aliphatic carbocycles. The molecule has 0 aromatic heterocycles. The van der Waals surface area contributed by atoms with Gasteiger partial charge in [0.2, 0.25) is 0 Å². The predicted molar refractivity (Wildman–Crippen MR) is 98.6 cm³/mol. The SMILES string of the molecule is CCC1C=CC=CC1(c1cc(OC)ccc1O)C1CCN(C)CC1. The first-order valence-electron chi connectivity index (χ1n) is 9.03. The summed E-state index contributed by atoms with van der Waals surface area (Å²) in [6.07, 6.45) is 12.3. The molecule has 130 valence electrons. The van der Waals surface area contributed by atoms with Gasteiger partial charge in [0.05, 0.1) is 7.11 Å². The number of nitrogens with zero attached hydrogens (tertiary/aromatic N) is 1. The lowest BCUT2D eigenvalue weighted by Crippen LogP contribution is -2.46. The Kier molecular flexibility index (Phi) is 5.00. The van der Waals surface area contributed by atoms with E-state index in [2.05, 4.69) is 43.2 Å². The molecule has 1 fully saturated rings. The Bertz CT molecular complexity index is 629. The van der Waals surface area contributed by atoms with E-state index < -0.39 is 0 Å². The van der Waals surface area contributed by atoms with E-state index in [9.17, 15) is 5.11 Å². The summed E-state index contributed by atoms with van der Waals surface area (Å²) in [5.74, 6) is 2.12. The number of methoxy groups -OCH3 is 1. The molecule has 2 aliphatic rings. The molecule has 3 rings (SSSR count). The molecule has 1 aliphatic heterocycles. The van der Waals surface area contributed by atoms with Gasteiger partial charge in [-0.2, -0.15) is 0 Å². The van der Waals surface area contributed by atoms with Crippen LogP contribution in [0.2, 0.25) is 0 Å². The quantitative estimate of drug-likeness (QED) is 0.902. The molecule has 1 aromatic carbocycles. The van der Waals surface area contributed by atoms with Crippen LogP contribution in [-0.2, 0) is 5.41 Å². The molecular weight excluding hydrogens is 298 g/mol. The van der Waals surface area contributed by atoms with Gasteiger partial charge in [-0.1, -0.05) is 31.2 Å². The minimum atomic E-state index is -0.149. The highest BCUT2D eigenvalue weighted by atomic mass is 16.5. The van der Waals surface area contributed by atoms with E-state index in [-0.39, 0.29) is 5.41 Å². The van der Waals surface area contributed by atoms with Crippen LogP contribution < -0.4 is 4.74 Å². The maximum atomic E-state index is 10.7. The van der Waals surface area contributed by atoms with Crippen LogP contribution >= 0.6 is 0 Å². The average Bonchev–Trinajstić information content (AvgIpc) is 2.62. The van der Waals surface area contributed by atoms with E-state index in [4.69, 9.17) is 4.74 Å². The Hall–Kier alpha value is -1.74. The van der Waals surface area contributed by atoms with Gasteiger partial charge in [0.25, 0.3) is 0 Å². The highest BCUT2D eigenvalue weighted by Gasteiger charge is 2.46. The van der Waals surface area contributed by atoms with E-state index in [1.54, 1.807) is 13.2 Å². The fraction of sp³-hybridized carbons (Fsp3) is 0.524. The first kappa shape index (κ1) is 17.1. The topological polar surface area (TPSA) is 32.7 Å². The van der Waals surface area contributed by atoms with E-state index in [1.807, 2.05) is 12.1 Å². The monoisotopic (exact) mass is 327 g/mol. The Morgan fingerprint density at radius 2 is 2.00 bits per heavy atom. The molecule has 1 saturated heterocycles. The van der Waals surface area contributed by atoms with Crippen LogP contribution in [0.3, 0.4) is 0 Å². The van der Waals surface area contributed by atoms with Crippen molar-refractivity contribution in [1.82, 2.24) is 4.90 Å². The molecule has 0 bridgehead atoms. The zero-order valence-corrected chi connectivity index (χ0v) is 15.0. The zero-order valence-electron chi connectivity index (χ0n) is 15.0. The van der Waals surface area contributed by atoms with Gasteiger partial charge < -0.3 is 14.7 Å². The largest absolute Gasteiger partial charge is 0.508 e. The molecule has 0 saturated carbocycles. The smallest absolute Gasteiger partial charge is 0.119 e. The van der Waals surface area contributed by atoms with Crippen molar-refractivity contribution in [2.75, 3.05) is 27.2 Å². The molecule has 24 heavy (non-hydrogen) atoms. The van der Waals surface area contributed by atoms with E-state index >= 15 is 0 Å². The molecule has 1 aromatic rings. The van der Waals surface area contributed by atoms with Gasteiger partial charge in [0, 0.05) is 11.0 Å². The summed E-state index contributed by atoms with van der Waals surface area (Å²) >= 11 is 0. The van der Waals surface area contributed by atoms with Crippen LogP contribution in [0.5, 0.6) is 11.5 Å². The highest BCUT2D eigenvalue weighted by molar-refractivity contribution is 5.50. The number of piperidine rings is 1. The minimum absolute atomic E-state index is 0.149. The second-order valence-electron chi connectivity index (χ2n) is 7.15. The van der Waals surface area contributed by atoms with Gasteiger partial charge in [-0.05, 0) is 69.4 Å². The number of ether oxygens (including phenoxy) is 1. The van der Waals surface area contributed by atoms with Crippen molar-refractivity contribution in [2.45, 2.75) is 31.6 Å². The third kappa shape index (κ3) is 2.86. The first-order chi connectivity index (χ1) is 11.6. The van der Waals surface area contributed by atoms with Crippen molar-refractivity contribution in [2.24, 2.45) is 11.8 Å². The second-order valence-corrected chi connectivity index (χ2v) is 7.15. The van der Waals surface area contributed by atoms with Gasteiger partial charge in [-0.3, -0.25) is 0 Å². The van der Waals surface area contributed by atoms with Gasteiger partial charge in [0.1, 0.15) is 11.5 Å². The third-order valence-corrected chi connectivity index (χ3v) is 5.94. The summed E-state index contributed by atoms with van der Waals surface area (Å²) in [5, 5.41) is 10.7. The Morgan fingerprint density at radius 1 is 1.25 bits per heavy atom. The number of allylic oxidation sites excluding steroid dienone is 4. The van der Waals surface area contributed by atoms with Crippen molar-refractivity contribution in [3.05, 3.63) is 48.1 Å². The number of likely N-dealkylation sites (tertiary alicyclic amines) is 1. The van der Waals surface area contributed by atoms with Crippen molar-refractivity contribution < 1.29 is 9.84 Å². The molecule has 0 spiro atoms. The van der Waals surface area contributed by atoms with E-state index in [0.29, 0.717) is 17.6 Å². The fourth-order valence-electron chi connectivity index (χ4n) is 4.59. The summed E-state index contributed by atoms with van der Waals surface area (Å²) in [4.78, 5) is 2.40. The molecule has 1 heterocycles. The summed E-state index contributed by atoms with van der Waals surface area (Å²) < 4.78 is 5.46. The Balaban J connectivity index is 2.12. The standard InChI is InChI=1S/C21H29NO2/c1-4-16-7-5-6-12-21(16,17-10-13-22(2)14-11-17)19-15-18(24-3)8-9-20(19)23/h5-9,12,15-17,23H,4,10-11,13-14H2,1-3H3. The van der Waals surface area contributed by atoms with Crippen molar-refractivity contribution in [3.8, 4) is 11.5 Å². The van der Waals surface area contributed by atoms with Crippen LogP contribution in [0.15, 0.2) is 42.5 Å². The lowest BCUT2D eigenvalue weighted by molar-refractivity contribution is 0.139. The molecule has 0 amide bonds. The van der Waals surface area contributed by atoms with Crippen LogP contribution in [0.25, 0.3) is 0 Å². The molecule has 2 atom stereocenters. The maximum Gasteiger partial charge on any atom is 0.119 e. The molecule has 1 N–H and O–H groups in total. The lowest BCUT2D eigenvalue weighted by Gasteiger charge is -2.48. The Labute approximate surface area is 145 Å². The maximum absolute atomic E-state index is 10.7. The molecule has 2 unspecified atom stereocenters. The van der Waals surface area contributed by atoms with Crippen molar-refractivity contribution in [3.63, 3.8) is 0 Å². The van der Waals surface area contributed by atoms with Crippen molar-refractivity contribution >= 4 is 0 Å². The first-order valence-corrected chi connectivity index (χ1v) is 9.03. The zero-order chi connectivity index (χ0) is 17.2. The third-order valence-electron chi connectivity index (χ3n) is 5.94. The highest BCUT2D eigenvalue weighted by Crippen LogP contribution is 2.51. The van der Waals surface area contributed by atoms with Gasteiger partial charge in [-0.15, -0.1) is 0 Å². The van der Waals surface area contributed by atoms with E-state index in [1.165, 1.54) is 0 Å². The lowest BCUT2D eigenvalue weighted by atomic mass is 9.57.